The molecule has 1 atom stereocenters. The highest BCUT2D eigenvalue weighted by atomic mass is 32.1. The normalized spacial score (nSPS) is 15.9. The molecule has 0 bridgehead atoms. The monoisotopic (exact) mass is 698 g/mol. The number of thiophene rings is 1. The summed E-state index contributed by atoms with van der Waals surface area (Å²) in [4.78, 5) is 6.97. The van der Waals surface area contributed by atoms with E-state index in [-0.39, 0.29) is 6.61 Å². The van der Waals surface area contributed by atoms with Gasteiger partial charge in [0, 0.05) is 52.3 Å². The number of anilines is 1. The van der Waals surface area contributed by atoms with E-state index in [1.54, 1.807) is 6.07 Å². The van der Waals surface area contributed by atoms with Crippen LogP contribution in [0.5, 0.6) is 5.75 Å². The standard InChI is InChI=1S/C39H37F3N4O3S/c1-4-5-21-46(22-9-10-23-47)31-15-13-29(35(24-31)48-27-28-11-7-6-8-12-28)14-16-32-17-18-33(50-32)19-20-34-36(45-3)37(30(25-43)26-44)49-38(34,2)39(40,41)42/h6-8,11-20,24,47H,4-5,9-10,21-23,27H2,1-2H3/b16-14+,20-19+. The third-order valence-corrected chi connectivity index (χ3v) is 9.12. The summed E-state index contributed by atoms with van der Waals surface area (Å²) < 4.78 is 54.1. The number of alkyl halides is 3. The minimum atomic E-state index is -4.92. The summed E-state index contributed by atoms with van der Waals surface area (Å²) in [5.74, 6) is 0.0291. The molecule has 4 rings (SSSR count). The lowest BCUT2D eigenvalue weighted by Crippen LogP contribution is -2.43. The summed E-state index contributed by atoms with van der Waals surface area (Å²) >= 11 is 1.33. The number of aliphatic hydroxyl groups is 1. The minimum absolute atomic E-state index is 0.155. The Labute approximate surface area is 294 Å². The van der Waals surface area contributed by atoms with Crippen LogP contribution >= 0.6 is 11.3 Å². The van der Waals surface area contributed by atoms with Gasteiger partial charge < -0.3 is 19.5 Å². The molecule has 0 saturated carbocycles. The number of hydrogen-bond donors (Lipinski definition) is 1. The molecule has 1 N–H and O–H groups in total. The largest absolute Gasteiger partial charge is 0.488 e. The van der Waals surface area contributed by atoms with Crippen molar-refractivity contribution in [2.75, 3.05) is 24.6 Å². The lowest BCUT2D eigenvalue weighted by molar-refractivity contribution is -0.236. The van der Waals surface area contributed by atoms with Crippen LogP contribution in [0, 0.1) is 29.2 Å². The van der Waals surface area contributed by atoms with Gasteiger partial charge in [0.05, 0.1) is 6.57 Å². The Balaban J connectivity index is 1.63. The van der Waals surface area contributed by atoms with Crippen LogP contribution in [0.2, 0.25) is 0 Å². The second-order valence-electron chi connectivity index (χ2n) is 11.6. The molecule has 0 fully saturated rings. The van der Waals surface area contributed by atoms with E-state index >= 15 is 0 Å². The smallest absolute Gasteiger partial charge is 0.430 e. The Kier molecular flexibility index (Phi) is 13.1. The Hall–Kier alpha value is -5.28. The van der Waals surface area contributed by atoms with E-state index in [1.807, 2.05) is 60.7 Å². The highest BCUT2D eigenvalue weighted by molar-refractivity contribution is 7.13. The number of rotatable bonds is 15. The van der Waals surface area contributed by atoms with Gasteiger partial charge in [0.25, 0.3) is 0 Å². The molecular formula is C39H37F3N4O3S. The molecule has 2 heterocycles. The molecule has 7 nitrogen and oxygen atoms in total. The SMILES string of the molecule is [C-]#[N+]C1=C(/C=C/c2ccc(/C=C/c3ccc(N(CCCC)CCCCO)cc3OCc3ccccc3)s2)C(C)(C(F)(F)F)OC1=C(C#N)C#N. The van der Waals surface area contributed by atoms with E-state index in [0.717, 1.165) is 67.4 Å². The van der Waals surface area contributed by atoms with E-state index < -0.39 is 34.4 Å². The molecule has 0 saturated heterocycles. The van der Waals surface area contributed by atoms with Crippen molar-refractivity contribution in [2.45, 2.75) is 57.9 Å². The first-order valence-electron chi connectivity index (χ1n) is 16.1. The van der Waals surface area contributed by atoms with E-state index in [4.69, 9.17) is 16.0 Å². The zero-order chi connectivity index (χ0) is 36.1. The van der Waals surface area contributed by atoms with Crippen LogP contribution < -0.4 is 9.64 Å². The van der Waals surface area contributed by atoms with E-state index in [1.165, 1.54) is 35.6 Å². The number of nitrogens with zero attached hydrogens (tertiary/aromatic N) is 4. The van der Waals surface area contributed by atoms with Gasteiger partial charge in [-0.05, 0) is 74.2 Å². The molecular weight excluding hydrogens is 662 g/mol. The summed E-state index contributed by atoms with van der Waals surface area (Å²) in [6.45, 7) is 12.7. The molecule has 50 heavy (non-hydrogen) atoms. The first kappa shape index (κ1) is 37.5. The van der Waals surface area contributed by atoms with E-state index in [0.29, 0.717) is 17.2 Å². The third kappa shape index (κ3) is 9.03. The van der Waals surface area contributed by atoms with Crippen molar-refractivity contribution in [3.63, 3.8) is 0 Å². The van der Waals surface area contributed by atoms with Gasteiger partial charge in [0.2, 0.25) is 11.3 Å². The molecule has 0 aliphatic carbocycles. The predicted molar refractivity (Wildman–Crippen MR) is 190 cm³/mol. The number of aliphatic hydroxyl groups excluding tert-OH is 1. The summed E-state index contributed by atoms with van der Waals surface area (Å²) in [6, 6.07) is 22.6. The first-order chi connectivity index (χ1) is 24.1. The number of hydrogen-bond acceptors (Lipinski definition) is 7. The summed E-state index contributed by atoms with van der Waals surface area (Å²) in [6.07, 6.45) is 5.22. The highest BCUT2D eigenvalue weighted by Gasteiger charge is 2.60. The van der Waals surface area contributed by atoms with Crippen molar-refractivity contribution in [1.29, 1.82) is 10.5 Å². The maximum absolute atomic E-state index is 14.2. The van der Waals surface area contributed by atoms with E-state index in [2.05, 4.69) is 22.7 Å². The van der Waals surface area contributed by atoms with Gasteiger partial charge in [-0.25, -0.2) is 4.85 Å². The highest BCUT2D eigenvalue weighted by Crippen LogP contribution is 2.50. The molecule has 258 valence electrons. The van der Waals surface area contributed by atoms with Crippen molar-refractivity contribution >= 4 is 35.3 Å². The first-order valence-corrected chi connectivity index (χ1v) is 17.0. The average Bonchev–Trinajstić information content (AvgIpc) is 3.69. The summed E-state index contributed by atoms with van der Waals surface area (Å²) in [5, 5.41) is 27.8. The van der Waals surface area contributed by atoms with Gasteiger partial charge in [-0.15, -0.1) is 11.3 Å². The van der Waals surface area contributed by atoms with Gasteiger partial charge in [0.15, 0.2) is 11.3 Å². The van der Waals surface area contributed by atoms with Crippen molar-refractivity contribution < 1.29 is 27.8 Å². The average molecular weight is 699 g/mol. The molecule has 3 aromatic rings. The second-order valence-corrected chi connectivity index (χ2v) is 12.8. The molecule has 0 spiro atoms. The molecule has 0 amide bonds. The molecule has 2 aromatic carbocycles. The van der Waals surface area contributed by atoms with Crippen LogP contribution in [-0.2, 0) is 11.3 Å². The number of halogens is 3. The molecule has 1 aliphatic rings. The van der Waals surface area contributed by atoms with Gasteiger partial charge in [0.1, 0.15) is 24.5 Å². The third-order valence-electron chi connectivity index (χ3n) is 8.10. The molecule has 1 aliphatic heterocycles. The second kappa shape index (κ2) is 17.4. The Morgan fingerprint density at radius 3 is 2.30 bits per heavy atom. The summed E-state index contributed by atoms with van der Waals surface area (Å²) in [7, 11) is 0. The van der Waals surface area contributed by atoms with Gasteiger partial charge in [-0.1, -0.05) is 49.8 Å². The van der Waals surface area contributed by atoms with Crippen LogP contribution in [-0.4, -0.2) is 36.6 Å². The van der Waals surface area contributed by atoms with E-state index in [9.17, 15) is 28.8 Å². The number of unbranched alkanes of at least 4 members (excludes halogenated alkanes) is 2. The van der Waals surface area contributed by atoms with Crippen LogP contribution in [0.15, 0.2) is 89.3 Å². The zero-order valence-corrected chi connectivity index (χ0v) is 28.7. The molecule has 0 radical (unpaired) electrons. The fraction of sp³-hybridized carbons (Fsp3) is 0.308. The minimum Gasteiger partial charge on any atom is -0.488 e. The lowest BCUT2D eigenvalue weighted by Gasteiger charge is -2.29. The predicted octanol–water partition coefficient (Wildman–Crippen LogP) is 9.72. The number of nitriles is 2. The van der Waals surface area contributed by atoms with Crippen molar-refractivity contribution in [3.8, 4) is 17.9 Å². The number of ether oxygens (including phenoxy) is 2. The Morgan fingerprint density at radius 1 is 1.00 bits per heavy atom. The fourth-order valence-electron chi connectivity index (χ4n) is 5.25. The van der Waals surface area contributed by atoms with Crippen LogP contribution in [0.3, 0.4) is 0 Å². The van der Waals surface area contributed by atoms with Gasteiger partial charge >= 0.3 is 6.18 Å². The molecule has 1 unspecified atom stereocenters. The van der Waals surface area contributed by atoms with Crippen molar-refractivity contribution in [2.24, 2.45) is 0 Å². The van der Waals surface area contributed by atoms with Crippen LogP contribution in [0.4, 0.5) is 18.9 Å². The Bertz CT molecular complexity index is 1880. The molecule has 11 heteroatoms. The van der Waals surface area contributed by atoms with Gasteiger partial charge in [-0.2, -0.15) is 23.7 Å². The zero-order valence-electron chi connectivity index (χ0n) is 27.8. The van der Waals surface area contributed by atoms with Gasteiger partial charge in [-0.3, -0.25) is 0 Å². The topological polar surface area (TPSA) is 93.9 Å². The summed E-state index contributed by atoms with van der Waals surface area (Å²) in [5.41, 5.74) is -1.71. The maximum atomic E-state index is 14.2. The lowest BCUT2D eigenvalue weighted by atomic mass is 9.94. The number of benzene rings is 2. The quantitative estimate of drug-likeness (QED) is 0.0965. The van der Waals surface area contributed by atoms with Crippen molar-refractivity contribution in [1.82, 2.24) is 0 Å². The molecule has 1 aromatic heterocycles. The van der Waals surface area contributed by atoms with Crippen LogP contribution in [0.1, 0.15) is 60.4 Å². The Morgan fingerprint density at radius 2 is 1.68 bits per heavy atom. The fourth-order valence-corrected chi connectivity index (χ4v) is 6.06. The number of allylic oxidation sites excluding steroid dienone is 1. The maximum Gasteiger partial charge on any atom is 0.430 e. The van der Waals surface area contributed by atoms with Crippen molar-refractivity contribution in [3.05, 3.63) is 122 Å². The van der Waals surface area contributed by atoms with Crippen LogP contribution in [0.25, 0.3) is 23.1 Å².